The molecule has 1 aliphatic heterocycles. The molecule has 0 saturated carbocycles. The Balaban J connectivity index is 1.63. The predicted octanol–water partition coefficient (Wildman–Crippen LogP) is 2.64. The monoisotopic (exact) mass is 380 g/mol. The molecule has 7 heteroatoms. The van der Waals surface area contributed by atoms with Crippen LogP contribution >= 0.6 is 0 Å². The molecule has 0 unspecified atom stereocenters. The number of benzene rings is 2. The lowest BCUT2D eigenvalue weighted by Gasteiger charge is -2.09. The quantitative estimate of drug-likeness (QED) is 0.473. The second kappa shape index (κ2) is 8.39. The van der Waals surface area contributed by atoms with Crippen LogP contribution in [-0.2, 0) is 20.9 Å². The Morgan fingerprint density at radius 3 is 2.39 bits per heavy atom. The lowest BCUT2D eigenvalue weighted by molar-refractivity contribution is -0.143. The van der Waals surface area contributed by atoms with Gasteiger partial charge >= 0.3 is 12.0 Å². The van der Waals surface area contributed by atoms with E-state index in [1.807, 2.05) is 31.2 Å². The molecule has 0 radical (unpaired) electrons. The van der Waals surface area contributed by atoms with Gasteiger partial charge in [-0.3, -0.25) is 9.59 Å². The smallest absolute Gasteiger partial charge is 0.329 e. The van der Waals surface area contributed by atoms with Crippen LogP contribution in [0.1, 0.15) is 16.7 Å². The first-order valence-corrected chi connectivity index (χ1v) is 8.66. The molecule has 0 spiro atoms. The van der Waals surface area contributed by atoms with E-state index >= 15 is 0 Å². The Morgan fingerprint density at radius 2 is 1.75 bits per heavy atom. The number of ether oxygens (including phenoxy) is 2. The molecule has 28 heavy (non-hydrogen) atoms. The average Bonchev–Trinajstić information content (AvgIpc) is 2.96. The minimum atomic E-state index is -0.667. The van der Waals surface area contributed by atoms with Crippen LogP contribution in [0.3, 0.4) is 0 Å². The second-order valence-electron chi connectivity index (χ2n) is 6.30. The van der Waals surface area contributed by atoms with Gasteiger partial charge in [-0.1, -0.05) is 42.0 Å². The predicted molar refractivity (Wildman–Crippen MR) is 102 cm³/mol. The van der Waals surface area contributed by atoms with Crippen molar-refractivity contribution >= 4 is 24.0 Å². The molecule has 1 aliphatic rings. The van der Waals surface area contributed by atoms with Crippen LogP contribution in [0.15, 0.2) is 54.2 Å². The molecule has 144 valence electrons. The van der Waals surface area contributed by atoms with Crippen LogP contribution in [0.4, 0.5) is 4.79 Å². The molecule has 3 amide bonds. The van der Waals surface area contributed by atoms with Crippen LogP contribution in [0, 0.1) is 6.92 Å². The van der Waals surface area contributed by atoms with E-state index in [9.17, 15) is 14.4 Å². The third kappa shape index (κ3) is 4.56. The largest absolute Gasteiger partial charge is 0.489 e. The summed E-state index contributed by atoms with van der Waals surface area (Å²) in [6.07, 6.45) is 1.54. The number of urea groups is 1. The molecule has 0 aliphatic carbocycles. The van der Waals surface area contributed by atoms with Crippen molar-refractivity contribution in [3.8, 4) is 5.75 Å². The SMILES string of the molecule is COC(=O)CN1C(=O)N/C(=C/c2ccc(OCc3ccc(C)cc3)cc2)C1=O. The molecule has 0 bridgehead atoms. The van der Waals surface area contributed by atoms with E-state index < -0.39 is 24.5 Å². The first-order valence-electron chi connectivity index (χ1n) is 8.66. The van der Waals surface area contributed by atoms with Gasteiger partial charge in [0.1, 0.15) is 24.6 Å². The van der Waals surface area contributed by atoms with Crippen LogP contribution in [0.5, 0.6) is 5.75 Å². The van der Waals surface area contributed by atoms with E-state index in [2.05, 4.69) is 10.1 Å². The standard InChI is InChI=1S/C21H20N2O5/c1-14-3-5-16(6-4-14)13-28-17-9-7-15(8-10-17)11-18-20(25)23(21(26)22-18)12-19(24)27-2/h3-11H,12-13H2,1-2H3,(H,22,26)/b18-11+. The van der Waals surface area contributed by atoms with E-state index in [0.29, 0.717) is 17.9 Å². The summed E-state index contributed by atoms with van der Waals surface area (Å²) in [5.41, 5.74) is 3.08. The maximum Gasteiger partial charge on any atom is 0.329 e. The normalized spacial score (nSPS) is 14.9. The molecule has 1 saturated heterocycles. The van der Waals surface area contributed by atoms with Gasteiger partial charge in [-0.05, 0) is 36.3 Å². The molecule has 0 atom stereocenters. The van der Waals surface area contributed by atoms with Gasteiger partial charge in [-0.15, -0.1) is 0 Å². The first-order chi connectivity index (χ1) is 13.5. The van der Waals surface area contributed by atoms with Crippen molar-refractivity contribution in [2.45, 2.75) is 13.5 Å². The number of amides is 3. The van der Waals surface area contributed by atoms with Gasteiger partial charge in [-0.2, -0.15) is 0 Å². The summed E-state index contributed by atoms with van der Waals surface area (Å²) >= 11 is 0. The van der Waals surface area contributed by atoms with Gasteiger partial charge in [0.2, 0.25) is 0 Å². The summed E-state index contributed by atoms with van der Waals surface area (Å²) in [6.45, 7) is 2.06. The zero-order chi connectivity index (χ0) is 20.1. The number of aryl methyl sites for hydroxylation is 1. The molecule has 7 nitrogen and oxygen atoms in total. The lowest BCUT2D eigenvalue weighted by atomic mass is 10.1. The first kappa shape index (κ1) is 19.2. The van der Waals surface area contributed by atoms with Crippen LogP contribution in [-0.4, -0.2) is 36.5 Å². The number of methoxy groups -OCH3 is 1. The highest BCUT2D eigenvalue weighted by Crippen LogP contribution is 2.18. The lowest BCUT2D eigenvalue weighted by Crippen LogP contribution is -2.36. The number of esters is 1. The summed E-state index contributed by atoms with van der Waals surface area (Å²) in [6, 6.07) is 14.6. The van der Waals surface area contributed by atoms with Crippen molar-refractivity contribution in [1.29, 1.82) is 0 Å². The summed E-state index contributed by atoms with van der Waals surface area (Å²) in [7, 11) is 1.19. The van der Waals surface area contributed by atoms with E-state index in [0.717, 1.165) is 10.5 Å². The van der Waals surface area contributed by atoms with E-state index in [1.165, 1.54) is 12.7 Å². The number of rotatable bonds is 6. The molecule has 0 aromatic heterocycles. The fourth-order valence-corrected chi connectivity index (χ4v) is 2.59. The van der Waals surface area contributed by atoms with Crippen LogP contribution in [0.25, 0.3) is 6.08 Å². The third-order valence-corrected chi connectivity index (χ3v) is 4.19. The van der Waals surface area contributed by atoms with Crippen molar-refractivity contribution in [3.63, 3.8) is 0 Å². The van der Waals surface area contributed by atoms with Crippen molar-refractivity contribution in [3.05, 3.63) is 70.9 Å². The van der Waals surface area contributed by atoms with E-state index in [1.54, 1.807) is 30.3 Å². The minimum absolute atomic E-state index is 0.0993. The highest BCUT2D eigenvalue weighted by atomic mass is 16.5. The van der Waals surface area contributed by atoms with E-state index in [4.69, 9.17) is 4.74 Å². The van der Waals surface area contributed by atoms with Crippen molar-refractivity contribution in [2.24, 2.45) is 0 Å². The van der Waals surface area contributed by atoms with Gasteiger partial charge in [-0.25, -0.2) is 9.69 Å². The number of imide groups is 1. The third-order valence-electron chi connectivity index (χ3n) is 4.19. The molecule has 2 aromatic rings. The number of nitrogens with zero attached hydrogens (tertiary/aromatic N) is 1. The summed E-state index contributed by atoms with van der Waals surface area (Å²) in [5, 5.41) is 2.46. The number of hydrogen-bond donors (Lipinski definition) is 1. The second-order valence-corrected chi connectivity index (χ2v) is 6.30. The molecule has 1 fully saturated rings. The average molecular weight is 380 g/mol. The van der Waals surface area contributed by atoms with Gasteiger partial charge < -0.3 is 14.8 Å². The molecule has 2 aromatic carbocycles. The maximum atomic E-state index is 12.3. The molecule has 1 N–H and O–H groups in total. The number of hydrogen-bond acceptors (Lipinski definition) is 5. The van der Waals surface area contributed by atoms with Crippen molar-refractivity contribution in [2.75, 3.05) is 13.7 Å². The molecule has 1 heterocycles. The Labute approximate surface area is 162 Å². The van der Waals surface area contributed by atoms with Gasteiger partial charge in [0.25, 0.3) is 5.91 Å². The van der Waals surface area contributed by atoms with Crippen LogP contribution in [0.2, 0.25) is 0 Å². The van der Waals surface area contributed by atoms with Gasteiger partial charge in [0.15, 0.2) is 0 Å². The van der Waals surface area contributed by atoms with E-state index in [-0.39, 0.29) is 5.70 Å². The summed E-state index contributed by atoms with van der Waals surface area (Å²) in [4.78, 5) is 36.2. The van der Waals surface area contributed by atoms with Crippen LogP contribution < -0.4 is 10.1 Å². The Kier molecular flexibility index (Phi) is 5.74. The van der Waals surface area contributed by atoms with Crippen molar-refractivity contribution < 1.29 is 23.9 Å². The minimum Gasteiger partial charge on any atom is -0.489 e. The molecular formula is C21H20N2O5. The zero-order valence-electron chi connectivity index (χ0n) is 15.6. The topological polar surface area (TPSA) is 84.9 Å². The number of nitrogens with one attached hydrogen (secondary N) is 1. The zero-order valence-corrected chi connectivity index (χ0v) is 15.6. The summed E-state index contributed by atoms with van der Waals surface area (Å²) < 4.78 is 10.2. The molecule has 3 rings (SSSR count). The van der Waals surface area contributed by atoms with Crippen molar-refractivity contribution in [1.82, 2.24) is 10.2 Å². The highest BCUT2D eigenvalue weighted by molar-refractivity contribution is 6.15. The maximum absolute atomic E-state index is 12.3. The fourth-order valence-electron chi connectivity index (χ4n) is 2.59. The number of carbonyl (C=O) groups excluding carboxylic acids is 3. The Bertz CT molecular complexity index is 917. The number of carbonyl (C=O) groups is 3. The fraction of sp³-hybridized carbons (Fsp3) is 0.190. The van der Waals surface area contributed by atoms with Gasteiger partial charge in [0, 0.05) is 0 Å². The Hall–Kier alpha value is -3.61. The Morgan fingerprint density at radius 1 is 1.07 bits per heavy atom. The molecular weight excluding hydrogens is 360 g/mol. The summed E-state index contributed by atoms with van der Waals surface area (Å²) in [5.74, 6) is -0.549. The highest BCUT2D eigenvalue weighted by Gasteiger charge is 2.35. The van der Waals surface area contributed by atoms with Gasteiger partial charge in [0.05, 0.1) is 7.11 Å².